The predicted molar refractivity (Wildman–Crippen MR) is 56.0 cm³/mol. The van der Waals surface area contributed by atoms with Gasteiger partial charge in [0.15, 0.2) is 0 Å². The van der Waals surface area contributed by atoms with Crippen LogP contribution < -0.4 is 0 Å². The van der Waals surface area contributed by atoms with Gasteiger partial charge in [-0.25, -0.2) is 0 Å². The Morgan fingerprint density at radius 1 is 1.33 bits per heavy atom. The van der Waals surface area contributed by atoms with Gasteiger partial charge >= 0.3 is 0 Å². The highest BCUT2D eigenvalue weighted by molar-refractivity contribution is 5.47. The summed E-state index contributed by atoms with van der Waals surface area (Å²) in [6, 6.07) is 3.99. The summed E-state index contributed by atoms with van der Waals surface area (Å²) in [6.45, 7) is 2.18. The Morgan fingerprint density at radius 3 is 2.87 bits per heavy atom. The van der Waals surface area contributed by atoms with Gasteiger partial charge in [-0.15, -0.1) is 10.2 Å². The van der Waals surface area contributed by atoms with E-state index in [1.165, 1.54) is 18.4 Å². The molecule has 1 N–H and O–H groups in total. The first-order chi connectivity index (χ1) is 7.40. The first kappa shape index (κ1) is 9.76. The molecule has 0 aliphatic carbocycles. The minimum Gasteiger partial charge on any atom is -0.252 e. The van der Waals surface area contributed by atoms with Crippen molar-refractivity contribution in [1.82, 2.24) is 25.6 Å². The van der Waals surface area contributed by atoms with Crippen molar-refractivity contribution < 1.29 is 0 Å². The van der Waals surface area contributed by atoms with Gasteiger partial charge in [-0.3, -0.25) is 4.98 Å². The highest BCUT2D eigenvalue weighted by Gasteiger charge is 2.03. The van der Waals surface area contributed by atoms with Crippen LogP contribution in [0.15, 0.2) is 18.3 Å². The highest BCUT2D eigenvalue weighted by Crippen LogP contribution is 2.11. The maximum absolute atomic E-state index is 4.29. The molecule has 78 valence electrons. The monoisotopic (exact) mass is 203 g/mol. The maximum Gasteiger partial charge on any atom is 0.222 e. The number of aromatic amines is 1. The Bertz CT molecular complexity index is 392. The lowest BCUT2D eigenvalue weighted by Gasteiger charge is -1.99. The Kier molecular flexibility index (Phi) is 3.02. The molecule has 0 bridgehead atoms. The van der Waals surface area contributed by atoms with Gasteiger partial charge in [0.05, 0.1) is 0 Å². The highest BCUT2D eigenvalue weighted by atomic mass is 15.5. The van der Waals surface area contributed by atoms with Gasteiger partial charge in [-0.2, -0.15) is 5.21 Å². The Balaban J connectivity index is 2.11. The fourth-order valence-electron chi connectivity index (χ4n) is 1.36. The molecule has 0 fully saturated rings. The lowest BCUT2D eigenvalue weighted by atomic mass is 10.1. The number of aromatic nitrogens is 5. The fraction of sp³-hybridized carbons (Fsp3) is 0.400. The summed E-state index contributed by atoms with van der Waals surface area (Å²) in [5.41, 5.74) is 2.01. The lowest BCUT2D eigenvalue weighted by molar-refractivity contribution is 0.792. The number of tetrazole rings is 1. The molecule has 0 aromatic carbocycles. The second-order valence-corrected chi connectivity index (χ2v) is 3.39. The van der Waals surface area contributed by atoms with Crippen molar-refractivity contribution in [3.05, 3.63) is 23.9 Å². The van der Waals surface area contributed by atoms with Crippen molar-refractivity contribution in [3.8, 4) is 11.5 Å². The average molecular weight is 203 g/mol. The molecule has 0 aliphatic rings. The van der Waals surface area contributed by atoms with Crippen LogP contribution in [-0.4, -0.2) is 25.6 Å². The third-order valence-corrected chi connectivity index (χ3v) is 2.22. The molecule has 0 saturated heterocycles. The minimum atomic E-state index is 0.539. The van der Waals surface area contributed by atoms with Crippen LogP contribution in [0, 0.1) is 0 Å². The van der Waals surface area contributed by atoms with E-state index in [9.17, 15) is 0 Å². The molecule has 15 heavy (non-hydrogen) atoms. The summed E-state index contributed by atoms with van der Waals surface area (Å²) >= 11 is 0. The molecule has 0 saturated carbocycles. The van der Waals surface area contributed by atoms with Crippen LogP contribution in [0.25, 0.3) is 11.5 Å². The number of unbranched alkanes of at least 4 members (excludes halogenated alkanes) is 1. The van der Waals surface area contributed by atoms with Crippen LogP contribution in [0.3, 0.4) is 0 Å². The van der Waals surface area contributed by atoms with Crippen molar-refractivity contribution in [2.24, 2.45) is 0 Å². The third-order valence-electron chi connectivity index (χ3n) is 2.22. The van der Waals surface area contributed by atoms with Crippen molar-refractivity contribution in [2.75, 3.05) is 0 Å². The Hall–Kier alpha value is -1.78. The van der Waals surface area contributed by atoms with E-state index in [1.807, 2.05) is 12.3 Å². The maximum atomic E-state index is 4.29. The van der Waals surface area contributed by atoms with Crippen LogP contribution in [0.2, 0.25) is 0 Å². The molecule has 5 heteroatoms. The lowest BCUT2D eigenvalue weighted by Crippen LogP contribution is -1.90. The van der Waals surface area contributed by atoms with E-state index in [2.05, 4.69) is 38.6 Å². The molecule has 0 unspecified atom stereocenters. The number of aryl methyl sites for hydroxylation is 1. The molecule has 0 radical (unpaired) electrons. The number of nitrogens with zero attached hydrogens (tertiary/aromatic N) is 4. The molecule has 5 nitrogen and oxygen atoms in total. The third kappa shape index (κ3) is 2.37. The number of pyridine rings is 1. The van der Waals surface area contributed by atoms with Crippen LogP contribution in [0.4, 0.5) is 0 Å². The standard InChI is InChI=1S/C10H13N5/c1-2-3-4-8-5-6-9(11-7-8)10-12-14-15-13-10/h5-7H,2-4H2,1H3,(H,12,13,14,15). The molecule has 2 heterocycles. The van der Waals surface area contributed by atoms with E-state index in [0.717, 1.165) is 12.1 Å². The molecule has 2 rings (SSSR count). The van der Waals surface area contributed by atoms with E-state index in [-0.39, 0.29) is 0 Å². The zero-order valence-electron chi connectivity index (χ0n) is 8.64. The first-order valence-electron chi connectivity index (χ1n) is 5.09. The van der Waals surface area contributed by atoms with Gasteiger partial charge in [0.25, 0.3) is 0 Å². The van der Waals surface area contributed by atoms with Gasteiger partial charge in [-0.1, -0.05) is 19.4 Å². The van der Waals surface area contributed by atoms with Gasteiger partial charge < -0.3 is 0 Å². The Morgan fingerprint density at radius 2 is 2.27 bits per heavy atom. The van der Waals surface area contributed by atoms with Gasteiger partial charge in [0.1, 0.15) is 5.69 Å². The number of rotatable bonds is 4. The van der Waals surface area contributed by atoms with E-state index in [1.54, 1.807) is 0 Å². The number of nitrogens with one attached hydrogen (secondary N) is 1. The van der Waals surface area contributed by atoms with E-state index >= 15 is 0 Å². The molecule has 0 atom stereocenters. The topological polar surface area (TPSA) is 67.3 Å². The zero-order chi connectivity index (χ0) is 10.5. The second kappa shape index (κ2) is 4.63. The van der Waals surface area contributed by atoms with Gasteiger partial charge in [0.2, 0.25) is 5.82 Å². The number of hydrogen-bond acceptors (Lipinski definition) is 4. The van der Waals surface area contributed by atoms with Crippen molar-refractivity contribution >= 4 is 0 Å². The summed E-state index contributed by atoms with van der Waals surface area (Å²) in [7, 11) is 0. The number of H-pyrrole nitrogens is 1. The zero-order valence-corrected chi connectivity index (χ0v) is 8.64. The quantitative estimate of drug-likeness (QED) is 0.819. The number of hydrogen-bond donors (Lipinski definition) is 1. The van der Waals surface area contributed by atoms with Gasteiger partial charge in [-0.05, 0) is 29.7 Å². The molecule has 2 aromatic rings. The first-order valence-corrected chi connectivity index (χ1v) is 5.09. The molecular weight excluding hydrogens is 190 g/mol. The molecule has 2 aromatic heterocycles. The molecule has 0 spiro atoms. The van der Waals surface area contributed by atoms with Crippen LogP contribution in [-0.2, 0) is 6.42 Å². The normalized spacial score (nSPS) is 10.5. The summed E-state index contributed by atoms with van der Waals surface area (Å²) in [4.78, 5) is 4.29. The van der Waals surface area contributed by atoms with Crippen molar-refractivity contribution in [2.45, 2.75) is 26.2 Å². The predicted octanol–water partition coefficient (Wildman–Crippen LogP) is 1.60. The fourth-order valence-corrected chi connectivity index (χ4v) is 1.36. The van der Waals surface area contributed by atoms with E-state index in [4.69, 9.17) is 0 Å². The van der Waals surface area contributed by atoms with Crippen LogP contribution in [0.1, 0.15) is 25.3 Å². The van der Waals surface area contributed by atoms with Crippen LogP contribution in [0.5, 0.6) is 0 Å². The van der Waals surface area contributed by atoms with E-state index in [0.29, 0.717) is 5.82 Å². The van der Waals surface area contributed by atoms with E-state index < -0.39 is 0 Å². The second-order valence-electron chi connectivity index (χ2n) is 3.39. The smallest absolute Gasteiger partial charge is 0.222 e. The van der Waals surface area contributed by atoms with Crippen molar-refractivity contribution in [3.63, 3.8) is 0 Å². The van der Waals surface area contributed by atoms with Gasteiger partial charge in [0, 0.05) is 6.20 Å². The summed E-state index contributed by atoms with van der Waals surface area (Å²) in [5.74, 6) is 0.539. The largest absolute Gasteiger partial charge is 0.252 e. The summed E-state index contributed by atoms with van der Waals surface area (Å²) < 4.78 is 0. The molecule has 0 aliphatic heterocycles. The SMILES string of the molecule is CCCCc1ccc(-c2nn[nH]n2)nc1. The molecule has 0 amide bonds. The summed E-state index contributed by atoms with van der Waals surface area (Å²) in [6.07, 6.45) is 5.35. The molecular formula is C10H13N5. The Labute approximate surface area is 87.9 Å². The van der Waals surface area contributed by atoms with Crippen LogP contribution >= 0.6 is 0 Å². The average Bonchev–Trinajstić information content (AvgIpc) is 2.80. The minimum absolute atomic E-state index is 0.539. The summed E-state index contributed by atoms with van der Waals surface area (Å²) in [5, 5.41) is 13.6. The van der Waals surface area contributed by atoms with Crippen molar-refractivity contribution in [1.29, 1.82) is 0 Å².